The van der Waals surface area contributed by atoms with Crippen LogP contribution in [0, 0.1) is 11.3 Å². The van der Waals surface area contributed by atoms with E-state index in [-0.39, 0.29) is 0 Å². The third kappa shape index (κ3) is 7.35. The summed E-state index contributed by atoms with van der Waals surface area (Å²) in [6.07, 6.45) is 0. The molecule has 0 amide bonds. The second-order valence-corrected chi connectivity index (χ2v) is 17.0. The molecule has 12 rings (SSSR count). The van der Waals surface area contributed by atoms with Crippen LogP contribution in [0.4, 0.5) is 0 Å². The Kier molecular flexibility index (Phi) is 10.2. The average Bonchev–Trinajstić information content (AvgIpc) is 3.42. The molecule has 0 aliphatic heterocycles. The molecule has 0 unspecified atom stereocenters. The summed E-state index contributed by atoms with van der Waals surface area (Å²) in [6, 6.07) is 87.1. The van der Waals surface area contributed by atoms with Crippen molar-refractivity contribution in [3.8, 4) is 95.9 Å². The van der Waals surface area contributed by atoms with Crippen LogP contribution >= 0.6 is 0 Å². The van der Waals surface area contributed by atoms with Gasteiger partial charge in [-0.15, -0.1) is 0 Å². The van der Waals surface area contributed by atoms with Gasteiger partial charge in [0.1, 0.15) is 0 Å². The standard InChI is InChI=1S/C64H40N4/c65-41-42-32-37-53(61(38-42)56-27-9-8-25-51(56)47-21-14-22-48(39-47)60-40-49-19-5-7-24-52(49)54-26-10-11-29-58(54)60)44-33-35-46(36-34-44)63-66-62(45-17-2-1-3-18-45)67-64(68-63)59-30-13-12-28-57(59)55-31-15-20-43-16-4-6-23-50(43)55/h1-40H. The van der Waals surface area contributed by atoms with Gasteiger partial charge in [-0.3, -0.25) is 0 Å². The summed E-state index contributed by atoms with van der Waals surface area (Å²) in [5.74, 6) is 1.79. The van der Waals surface area contributed by atoms with Gasteiger partial charge < -0.3 is 0 Å². The van der Waals surface area contributed by atoms with E-state index in [1.165, 1.54) is 37.9 Å². The Morgan fingerprint density at radius 3 is 1.49 bits per heavy atom. The van der Waals surface area contributed by atoms with E-state index in [1.807, 2.05) is 48.5 Å². The van der Waals surface area contributed by atoms with Gasteiger partial charge in [-0.1, -0.05) is 218 Å². The molecule has 0 saturated heterocycles. The molecule has 1 aromatic heterocycles. The predicted octanol–water partition coefficient (Wildman–Crippen LogP) is 16.5. The van der Waals surface area contributed by atoms with Gasteiger partial charge in [0.25, 0.3) is 0 Å². The second kappa shape index (κ2) is 17.2. The molecule has 0 bridgehead atoms. The molecule has 12 aromatic rings. The van der Waals surface area contributed by atoms with E-state index in [0.29, 0.717) is 23.0 Å². The van der Waals surface area contributed by atoms with Gasteiger partial charge in [0.15, 0.2) is 17.5 Å². The van der Waals surface area contributed by atoms with Crippen molar-refractivity contribution in [2.24, 2.45) is 0 Å². The van der Waals surface area contributed by atoms with Crippen molar-refractivity contribution >= 4 is 32.3 Å². The monoisotopic (exact) mass is 864 g/mol. The molecule has 316 valence electrons. The lowest BCUT2D eigenvalue weighted by molar-refractivity contribution is 1.07. The van der Waals surface area contributed by atoms with E-state index in [2.05, 4.69) is 200 Å². The molecular weight excluding hydrogens is 825 g/mol. The van der Waals surface area contributed by atoms with E-state index in [9.17, 15) is 5.26 Å². The van der Waals surface area contributed by atoms with Crippen molar-refractivity contribution in [2.45, 2.75) is 0 Å². The molecule has 68 heavy (non-hydrogen) atoms. The van der Waals surface area contributed by atoms with Crippen LogP contribution in [0.1, 0.15) is 5.56 Å². The summed E-state index contributed by atoms with van der Waals surface area (Å²) < 4.78 is 0. The Morgan fingerprint density at radius 2 is 0.735 bits per heavy atom. The van der Waals surface area contributed by atoms with E-state index in [4.69, 9.17) is 15.0 Å². The summed E-state index contributed by atoms with van der Waals surface area (Å²) in [5.41, 5.74) is 14.1. The number of aromatic nitrogens is 3. The highest BCUT2D eigenvalue weighted by Gasteiger charge is 2.19. The molecule has 4 nitrogen and oxygen atoms in total. The molecular formula is C64H40N4. The molecule has 0 aliphatic carbocycles. The Bertz CT molecular complexity index is 3920. The number of benzene rings is 11. The van der Waals surface area contributed by atoms with Crippen LogP contribution in [0.5, 0.6) is 0 Å². The van der Waals surface area contributed by atoms with Crippen LogP contribution < -0.4 is 0 Å². The van der Waals surface area contributed by atoms with Gasteiger partial charge in [-0.2, -0.15) is 5.26 Å². The van der Waals surface area contributed by atoms with Crippen molar-refractivity contribution < 1.29 is 0 Å². The molecule has 0 atom stereocenters. The quantitative estimate of drug-likeness (QED) is 0.143. The topological polar surface area (TPSA) is 62.5 Å². The van der Waals surface area contributed by atoms with E-state index in [0.717, 1.165) is 66.8 Å². The van der Waals surface area contributed by atoms with Crippen molar-refractivity contribution in [1.82, 2.24) is 15.0 Å². The SMILES string of the molecule is N#Cc1ccc(-c2ccc(-c3nc(-c4ccccc4)nc(-c4ccccc4-c4cccc5ccccc45)n3)cc2)c(-c2ccccc2-c2cccc(-c3cc4ccccc4c4ccccc34)c2)c1. The maximum absolute atomic E-state index is 10.2. The Labute approximate surface area is 394 Å². The van der Waals surface area contributed by atoms with Crippen molar-refractivity contribution in [3.05, 3.63) is 248 Å². The number of rotatable bonds is 8. The molecule has 0 N–H and O–H groups in total. The minimum Gasteiger partial charge on any atom is -0.208 e. The van der Waals surface area contributed by atoms with E-state index in [1.54, 1.807) is 0 Å². The predicted molar refractivity (Wildman–Crippen MR) is 281 cm³/mol. The molecule has 0 fully saturated rings. The number of hydrogen-bond donors (Lipinski definition) is 0. The Morgan fingerprint density at radius 1 is 0.250 bits per heavy atom. The summed E-state index contributed by atoms with van der Waals surface area (Å²) in [7, 11) is 0. The average molecular weight is 865 g/mol. The van der Waals surface area contributed by atoms with Crippen LogP contribution in [-0.2, 0) is 0 Å². The molecule has 0 saturated carbocycles. The van der Waals surface area contributed by atoms with Gasteiger partial charge in [0.05, 0.1) is 11.6 Å². The van der Waals surface area contributed by atoms with Gasteiger partial charge in [0, 0.05) is 16.7 Å². The Hall–Kier alpha value is -9.30. The van der Waals surface area contributed by atoms with E-state index >= 15 is 0 Å². The summed E-state index contributed by atoms with van der Waals surface area (Å²) in [5, 5.41) is 17.5. The number of fused-ring (bicyclic) bond motifs is 4. The zero-order valence-corrected chi connectivity index (χ0v) is 36.9. The van der Waals surface area contributed by atoms with Gasteiger partial charge in [-0.05, 0) is 112 Å². The highest BCUT2D eigenvalue weighted by molar-refractivity contribution is 6.14. The lowest BCUT2D eigenvalue weighted by atomic mass is 9.87. The first kappa shape index (κ1) is 40.2. The normalized spacial score (nSPS) is 11.2. The smallest absolute Gasteiger partial charge is 0.164 e. The van der Waals surface area contributed by atoms with Crippen LogP contribution in [0.25, 0.3) is 122 Å². The van der Waals surface area contributed by atoms with Crippen LogP contribution in [0.15, 0.2) is 243 Å². The van der Waals surface area contributed by atoms with Crippen LogP contribution in [0.3, 0.4) is 0 Å². The first-order chi connectivity index (χ1) is 33.7. The first-order valence-corrected chi connectivity index (χ1v) is 22.8. The maximum atomic E-state index is 10.2. The zero-order chi connectivity index (χ0) is 45.4. The number of hydrogen-bond acceptors (Lipinski definition) is 4. The van der Waals surface area contributed by atoms with Crippen molar-refractivity contribution in [3.63, 3.8) is 0 Å². The van der Waals surface area contributed by atoms with Crippen molar-refractivity contribution in [1.29, 1.82) is 5.26 Å². The third-order valence-corrected chi connectivity index (χ3v) is 13.0. The molecule has 1 heterocycles. The second-order valence-electron chi connectivity index (χ2n) is 17.0. The number of nitriles is 1. The summed E-state index contributed by atoms with van der Waals surface area (Å²) >= 11 is 0. The maximum Gasteiger partial charge on any atom is 0.164 e. The fraction of sp³-hybridized carbons (Fsp3) is 0. The first-order valence-electron chi connectivity index (χ1n) is 22.8. The highest BCUT2D eigenvalue weighted by atomic mass is 15.0. The van der Waals surface area contributed by atoms with Gasteiger partial charge >= 0.3 is 0 Å². The van der Waals surface area contributed by atoms with Crippen molar-refractivity contribution in [2.75, 3.05) is 0 Å². The summed E-state index contributed by atoms with van der Waals surface area (Å²) in [4.78, 5) is 15.4. The lowest BCUT2D eigenvalue weighted by Crippen LogP contribution is -2.01. The molecule has 0 radical (unpaired) electrons. The van der Waals surface area contributed by atoms with Gasteiger partial charge in [0.2, 0.25) is 0 Å². The molecule has 4 heteroatoms. The van der Waals surface area contributed by atoms with Crippen LogP contribution in [-0.4, -0.2) is 15.0 Å². The zero-order valence-electron chi connectivity index (χ0n) is 36.9. The third-order valence-electron chi connectivity index (χ3n) is 13.0. The minimum absolute atomic E-state index is 0.581. The number of nitrogens with zero attached hydrogens (tertiary/aromatic N) is 4. The van der Waals surface area contributed by atoms with E-state index < -0.39 is 0 Å². The highest BCUT2D eigenvalue weighted by Crippen LogP contribution is 2.42. The lowest BCUT2D eigenvalue weighted by Gasteiger charge is -2.17. The molecule has 0 spiro atoms. The summed E-state index contributed by atoms with van der Waals surface area (Å²) in [6.45, 7) is 0. The molecule has 11 aromatic carbocycles. The van der Waals surface area contributed by atoms with Gasteiger partial charge in [-0.25, -0.2) is 15.0 Å². The minimum atomic E-state index is 0.581. The Balaban J connectivity index is 0.950. The molecule has 0 aliphatic rings. The van der Waals surface area contributed by atoms with Crippen LogP contribution in [0.2, 0.25) is 0 Å². The fourth-order valence-electron chi connectivity index (χ4n) is 9.72. The fourth-order valence-corrected chi connectivity index (χ4v) is 9.72. The largest absolute Gasteiger partial charge is 0.208 e.